The Labute approximate surface area is 133 Å². The molecule has 0 amide bonds. The minimum absolute atomic E-state index is 0.0225. The van der Waals surface area contributed by atoms with Gasteiger partial charge in [-0.25, -0.2) is 8.42 Å². The van der Waals surface area contributed by atoms with Gasteiger partial charge in [-0.3, -0.25) is 4.99 Å². The monoisotopic (exact) mass is 323 g/mol. The molecule has 1 heterocycles. The van der Waals surface area contributed by atoms with Crippen molar-refractivity contribution in [3.05, 3.63) is 29.8 Å². The van der Waals surface area contributed by atoms with Crippen molar-refractivity contribution < 1.29 is 8.42 Å². The van der Waals surface area contributed by atoms with Crippen molar-refractivity contribution in [1.29, 1.82) is 0 Å². The molecule has 0 bridgehead atoms. The summed E-state index contributed by atoms with van der Waals surface area (Å²) in [5.41, 5.74) is 1.15. The predicted octanol–water partition coefficient (Wildman–Crippen LogP) is 1.70. The van der Waals surface area contributed by atoms with E-state index in [0.29, 0.717) is 17.4 Å². The van der Waals surface area contributed by atoms with E-state index in [1.165, 1.54) is 0 Å². The van der Waals surface area contributed by atoms with E-state index in [2.05, 4.69) is 36.4 Å². The first-order valence-corrected chi connectivity index (χ1v) is 9.30. The van der Waals surface area contributed by atoms with Crippen LogP contribution < -0.4 is 10.6 Å². The van der Waals surface area contributed by atoms with Crippen LogP contribution in [0.5, 0.6) is 0 Å². The summed E-state index contributed by atoms with van der Waals surface area (Å²) in [5, 5.41) is 6.16. The second-order valence-corrected chi connectivity index (χ2v) is 8.64. The highest BCUT2D eigenvalue weighted by atomic mass is 32.2. The summed E-state index contributed by atoms with van der Waals surface area (Å²) in [6, 6.07) is 7.19. The third-order valence-electron chi connectivity index (χ3n) is 3.64. The molecule has 1 aromatic carbocycles. The van der Waals surface area contributed by atoms with Gasteiger partial charge in [-0.15, -0.1) is 0 Å². The van der Waals surface area contributed by atoms with Gasteiger partial charge >= 0.3 is 0 Å². The quantitative estimate of drug-likeness (QED) is 0.885. The van der Waals surface area contributed by atoms with Crippen LogP contribution in [0.15, 0.2) is 34.2 Å². The zero-order chi connectivity index (χ0) is 16.2. The highest BCUT2D eigenvalue weighted by Gasteiger charge is 2.17. The molecule has 0 aromatic heterocycles. The Bertz CT molecular complexity index is 628. The smallest absolute Gasteiger partial charge is 0.191 e. The van der Waals surface area contributed by atoms with Crippen molar-refractivity contribution in [3.8, 4) is 0 Å². The van der Waals surface area contributed by atoms with Crippen LogP contribution in [0.2, 0.25) is 0 Å². The van der Waals surface area contributed by atoms with Crippen LogP contribution in [0.25, 0.3) is 0 Å². The van der Waals surface area contributed by atoms with Crippen LogP contribution in [0.4, 0.5) is 0 Å². The lowest BCUT2D eigenvalue weighted by molar-refractivity contribution is 0.585. The third kappa shape index (κ3) is 4.47. The molecule has 0 radical (unpaired) electrons. The van der Waals surface area contributed by atoms with Crippen LogP contribution in [0.1, 0.15) is 32.8 Å². The molecule has 1 aliphatic heterocycles. The number of guanidine groups is 1. The van der Waals surface area contributed by atoms with Gasteiger partial charge in [-0.1, -0.05) is 32.9 Å². The molecule has 1 aromatic rings. The highest BCUT2D eigenvalue weighted by molar-refractivity contribution is 7.91. The summed E-state index contributed by atoms with van der Waals surface area (Å²) in [6.07, 6.45) is 1.02. The second-order valence-electron chi connectivity index (χ2n) is 6.53. The van der Waals surface area contributed by atoms with Gasteiger partial charge in [0.2, 0.25) is 0 Å². The molecule has 22 heavy (non-hydrogen) atoms. The molecule has 0 atom stereocenters. The third-order valence-corrected chi connectivity index (χ3v) is 5.37. The zero-order valence-corrected chi connectivity index (χ0v) is 14.3. The van der Waals surface area contributed by atoms with Crippen molar-refractivity contribution in [3.63, 3.8) is 0 Å². The number of rotatable bonds is 4. The van der Waals surface area contributed by atoms with E-state index in [4.69, 9.17) is 0 Å². The Morgan fingerprint density at radius 1 is 1.23 bits per heavy atom. The van der Waals surface area contributed by atoms with Crippen LogP contribution in [0.3, 0.4) is 0 Å². The Morgan fingerprint density at radius 2 is 1.91 bits per heavy atom. The molecule has 0 spiro atoms. The first-order valence-electron chi connectivity index (χ1n) is 7.64. The minimum atomic E-state index is -3.27. The van der Waals surface area contributed by atoms with Gasteiger partial charge in [0.1, 0.15) is 0 Å². The summed E-state index contributed by atoms with van der Waals surface area (Å²) >= 11 is 0. The molecule has 2 N–H and O–H groups in total. The largest absolute Gasteiger partial charge is 0.356 e. The predicted molar refractivity (Wildman–Crippen MR) is 90.1 cm³/mol. The number of nitrogens with zero attached hydrogens (tertiary/aromatic N) is 1. The first-order chi connectivity index (χ1) is 10.3. The molecular formula is C16H25N3O2S. The summed E-state index contributed by atoms with van der Waals surface area (Å²) in [4.78, 5) is 4.64. The van der Waals surface area contributed by atoms with Crippen molar-refractivity contribution in [2.24, 2.45) is 4.99 Å². The molecule has 0 unspecified atom stereocenters. The topological polar surface area (TPSA) is 70.6 Å². The van der Waals surface area contributed by atoms with Crippen molar-refractivity contribution in [2.45, 2.75) is 37.5 Å². The fraction of sp³-hybridized carbons (Fsp3) is 0.562. The Kier molecular flexibility index (Phi) is 5.11. The maximum atomic E-state index is 12.3. The lowest BCUT2D eigenvalue weighted by atomic mass is 9.87. The molecule has 2 rings (SSSR count). The average molecular weight is 323 g/mol. The lowest BCUT2D eigenvalue weighted by Gasteiger charge is -2.19. The maximum Gasteiger partial charge on any atom is 0.191 e. The summed E-state index contributed by atoms with van der Waals surface area (Å²) < 4.78 is 24.7. The molecule has 1 aliphatic rings. The summed E-state index contributed by atoms with van der Waals surface area (Å²) in [7, 11) is -3.27. The van der Waals surface area contributed by atoms with Gasteiger partial charge in [0.15, 0.2) is 15.8 Å². The maximum absolute atomic E-state index is 12.3. The van der Waals surface area contributed by atoms with Crippen LogP contribution >= 0.6 is 0 Å². The number of hydrogen-bond donors (Lipinski definition) is 2. The number of hydrogen-bond acceptors (Lipinski definition) is 5. The van der Waals surface area contributed by atoms with E-state index in [1.54, 1.807) is 12.1 Å². The minimum Gasteiger partial charge on any atom is -0.356 e. The number of aliphatic imine (C=N–C) groups is 1. The van der Waals surface area contributed by atoms with E-state index < -0.39 is 9.84 Å². The van der Waals surface area contributed by atoms with E-state index in [0.717, 1.165) is 25.1 Å². The second kappa shape index (κ2) is 6.69. The standard InChI is InChI=1S/C16H25N3O2S/c1-16(2,3)13-5-7-14(8-6-13)22(20,21)12-11-19-15-17-9-4-10-18-15/h5-8H,4,9-12H2,1-3H3,(H2,17,18,19). The zero-order valence-electron chi connectivity index (χ0n) is 13.5. The fourth-order valence-electron chi connectivity index (χ4n) is 2.23. The summed E-state index contributed by atoms with van der Waals surface area (Å²) in [6.45, 7) is 8.35. The molecule has 5 nitrogen and oxygen atoms in total. The van der Waals surface area contributed by atoms with E-state index in [1.807, 2.05) is 12.1 Å². The average Bonchev–Trinajstić information content (AvgIpc) is 2.47. The Balaban J connectivity index is 1.96. The normalized spacial score (nSPS) is 15.9. The number of sulfone groups is 1. The lowest BCUT2D eigenvalue weighted by Crippen LogP contribution is -2.42. The van der Waals surface area contributed by atoms with Gasteiger partial charge in [0.05, 0.1) is 10.6 Å². The Morgan fingerprint density at radius 3 is 2.45 bits per heavy atom. The van der Waals surface area contributed by atoms with Crippen molar-refractivity contribution in [1.82, 2.24) is 10.6 Å². The number of benzene rings is 1. The van der Waals surface area contributed by atoms with Gasteiger partial charge < -0.3 is 10.6 Å². The van der Waals surface area contributed by atoms with Gasteiger partial charge in [-0.05, 0) is 29.5 Å². The molecule has 122 valence electrons. The van der Waals surface area contributed by atoms with Crippen LogP contribution in [-0.2, 0) is 15.3 Å². The highest BCUT2D eigenvalue weighted by Crippen LogP contribution is 2.23. The SMILES string of the molecule is CC(C)(C)c1ccc(S(=O)(=O)CCNC2=NCCCN2)cc1. The van der Waals surface area contributed by atoms with E-state index >= 15 is 0 Å². The van der Waals surface area contributed by atoms with Gasteiger partial charge in [0, 0.05) is 19.6 Å². The van der Waals surface area contributed by atoms with Gasteiger partial charge in [0.25, 0.3) is 0 Å². The van der Waals surface area contributed by atoms with E-state index in [9.17, 15) is 8.42 Å². The molecular weight excluding hydrogens is 298 g/mol. The van der Waals surface area contributed by atoms with E-state index in [-0.39, 0.29) is 11.2 Å². The van der Waals surface area contributed by atoms with Gasteiger partial charge in [-0.2, -0.15) is 0 Å². The van der Waals surface area contributed by atoms with Crippen LogP contribution in [0, 0.1) is 0 Å². The molecule has 6 heteroatoms. The van der Waals surface area contributed by atoms with Crippen molar-refractivity contribution >= 4 is 15.8 Å². The first kappa shape index (κ1) is 16.8. The fourth-order valence-corrected chi connectivity index (χ4v) is 3.39. The molecule has 0 saturated heterocycles. The Hall–Kier alpha value is -1.56. The van der Waals surface area contributed by atoms with Crippen LogP contribution in [-0.4, -0.2) is 39.8 Å². The van der Waals surface area contributed by atoms with Crippen molar-refractivity contribution in [2.75, 3.05) is 25.4 Å². The number of nitrogens with one attached hydrogen (secondary N) is 2. The summed E-state index contributed by atoms with van der Waals surface area (Å²) in [5.74, 6) is 0.757. The molecule has 0 aliphatic carbocycles. The molecule has 0 saturated carbocycles. The molecule has 0 fully saturated rings.